The molecule has 6 atom stereocenters. The lowest BCUT2D eigenvalue weighted by Gasteiger charge is -2.64. The summed E-state index contributed by atoms with van der Waals surface area (Å²) in [5, 5.41) is 20.5. The fraction of sp³-hybridized carbons (Fsp3) is 0.455. The van der Waals surface area contributed by atoms with E-state index in [1.165, 1.54) is 38.6 Å². The van der Waals surface area contributed by atoms with Gasteiger partial charge in [0.25, 0.3) is 5.91 Å². The number of hydrogen-bond donors (Lipinski definition) is 4. The first kappa shape index (κ1) is 43.6. The number of hydrogen-bond acceptors (Lipinski definition) is 12. The van der Waals surface area contributed by atoms with Crippen LogP contribution in [0, 0.1) is 17.3 Å². The zero-order valence-electron chi connectivity index (χ0n) is 35.6. The maximum Gasteiger partial charge on any atom is 0.482 e. The van der Waals surface area contributed by atoms with E-state index in [9.17, 15) is 24.3 Å². The molecule has 4 aliphatic rings. The van der Waals surface area contributed by atoms with E-state index in [4.69, 9.17) is 23.5 Å². The lowest BCUT2D eigenvalue weighted by atomic mass is 9.43. The molecule has 4 aromatic rings. The minimum atomic E-state index is -1.40. The van der Waals surface area contributed by atoms with Crippen molar-refractivity contribution in [1.82, 2.24) is 20.6 Å². The summed E-state index contributed by atoms with van der Waals surface area (Å²) < 4.78 is 30.1. The van der Waals surface area contributed by atoms with Crippen LogP contribution in [0.15, 0.2) is 66.2 Å². The number of aromatic carboxylic acids is 1. The number of thiazole rings is 1. The highest BCUT2D eigenvalue weighted by Gasteiger charge is 2.68. The number of carboxylic acids is 1. The van der Waals surface area contributed by atoms with Crippen molar-refractivity contribution in [2.75, 3.05) is 19.5 Å². The van der Waals surface area contributed by atoms with E-state index in [2.05, 4.69) is 46.7 Å². The van der Waals surface area contributed by atoms with Gasteiger partial charge in [0.15, 0.2) is 11.2 Å². The van der Waals surface area contributed by atoms with Crippen molar-refractivity contribution in [2.45, 2.75) is 96.5 Å². The van der Waals surface area contributed by atoms with E-state index in [0.29, 0.717) is 11.5 Å². The largest absolute Gasteiger partial charge is 0.496 e. The second kappa shape index (κ2) is 17.1. The molecule has 2 bridgehead atoms. The highest BCUT2D eigenvalue weighted by atomic mass is 32.1. The first-order valence-electron chi connectivity index (χ1n) is 20.2. The number of aromatic nitrogens is 2. The van der Waals surface area contributed by atoms with Crippen LogP contribution in [-0.4, -0.2) is 77.9 Å². The van der Waals surface area contributed by atoms with Gasteiger partial charge in [0.05, 0.1) is 37.6 Å². The van der Waals surface area contributed by atoms with Crippen molar-refractivity contribution in [1.29, 1.82) is 0 Å². The van der Waals surface area contributed by atoms with Crippen LogP contribution >= 0.6 is 11.3 Å². The molecule has 4 N–H and O–H groups in total. The molecule has 4 fully saturated rings. The molecular weight excluding hydrogens is 801 g/mol. The highest BCUT2D eigenvalue weighted by molar-refractivity contribution is 7.13. The van der Waals surface area contributed by atoms with Gasteiger partial charge in [0.1, 0.15) is 17.9 Å². The molecule has 2 aromatic carbocycles. The van der Waals surface area contributed by atoms with E-state index in [0.717, 1.165) is 35.3 Å². The quantitative estimate of drug-likeness (QED) is 0.0974. The molecule has 8 rings (SSSR count). The molecule has 322 valence electrons. The Labute approximate surface area is 359 Å². The molecule has 1 aliphatic heterocycles. The van der Waals surface area contributed by atoms with Gasteiger partial charge in [-0.25, -0.2) is 19.6 Å². The van der Waals surface area contributed by atoms with Gasteiger partial charge in [-0.15, -0.1) is 11.3 Å². The molecule has 3 saturated carbocycles. The summed E-state index contributed by atoms with van der Waals surface area (Å²) in [4.78, 5) is 62.7. The maximum absolute atomic E-state index is 14.9. The Morgan fingerprint density at radius 2 is 1.77 bits per heavy atom. The molecule has 2 aromatic heterocycles. The number of benzene rings is 2. The molecule has 1 saturated heterocycles. The molecule has 3 heterocycles. The van der Waals surface area contributed by atoms with Gasteiger partial charge >= 0.3 is 19.2 Å². The topological polar surface area (TPSA) is 197 Å². The molecule has 61 heavy (non-hydrogen) atoms. The average molecular weight is 854 g/mol. The number of pyridine rings is 1. The van der Waals surface area contributed by atoms with Crippen LogP contribution in [0.4, 0.5) is 9.93 Å². The number of carbonyl (C=O) groups is 4. The molecule has 3 amide bonds. The third-order valence-electron chi connectivity index (χ3n) is 12.5. The SMILES string of the molecule is COc1cc(C(=O)NC(C(=O)N[C@@H](Cc2c(C(C)(C)C)ccc(C(=O)O)c2OC)B2OC3C[C@H]4C[C@@H](C4(C)C)[C@]3(C)O2)c2csc(NC(=O)OCc3ccccc3)n2)ccn1. The van der Waals surface area contributed by atoms with Gasteiger partial charge in [0.2, 0.25) is 11.8 Å². The van der Waals surface area contributed by atoms with Crippen LogP contribution in [0.5, 0.6) is 11.6 Å². The Morgan fingerprint density at radius 1 is 1.02 bits per heavy atom. The average Bonchev–Trinajstić information content (AvgIpc) is 3.84. The van der Waals surface area contributed by atoms with Crippen molar-refractivity contribution in [3.8, 4) is 11.6 Å². The van der Waals surface area contributed by atoms with Crippen molar-refractivity contribution in [3.63, 3.8) is 0 Å². The lowest BCUT2D eigenvalue weighted by molar-refractivity contribution is -0.199. The Hall–Kier alpha value is -5.52. The Kier molecular flexibility index (Phi) is 12.2. The molecular formula is C44H52BN5O10S. The fourth-order valence-corrected chi connectivity index (χ4v) is 9.90. The number of nitrogens with one attached hydrogen (secondary N) is 3. The van der Waals surface area contributed by atoms with Crippen LogP contribution in [0.3, 0.4) is 0 Å². The summed E-state index contributed by atoms with van der Waals surface area (Å²) in [6.07, 6.45) is 2.26. The van der Waals surface area contributed by atoms with Crippen LogP contribution in [0.1, 0.15) is 104 Å². The minimum absolute atomic E-state index is 0.0317. The number of carbonyl (C=O) groups excluding carboxylic acids is 3. The van der Waals surface area contributed by atoms with Gasteiger partial charge < -0.3 is 39.3 Å². The lowest BCUT2D eigenvalue weighted by Crippen LogP contribution is -2.65. The van der Waals surface area contributed by atoms with E-state index < -0.39 is 54.0 Å². The van der Waals surface area contributed by atoms with Gasteiger partial charge in [0, 0.05) is 28.8 Å². The van der Waals surface area contributed by atoms with E-state index >= 15 is 0 Å². The molecule has 17 heteroatoms. The smallest absolute Gasteiger partial charge is 0.482 e. The maximum atomic E-state index is 14.9. The van der Waals surface area contributed by atoms with Crippen molar-refractivity contribution >= 4 is 47.5 Å². The van der Waals surface area contributed by atoms with Crippen LogP contribution in [0.25, 0.3) is 0 Å². The van der Waals surface area contributed by atoms with Crippen molar-refractivity contribution < 1.29 is 47.8 Å². The number of anilines is 1. The summed E-state index contributed by atoms with van der Waals surface area (Å²) in [6, 6.07) is 14.0. The molecule has 2 unspecified atom stereocenters. The number of methoxy groups -OCH3 is 2. The zero-order valence-corrected chi connectivity index (χ0v) is 36.4. The summed E-state index contributed by atoms with van der Waals surface area (Å²) in [5.74, 6) is -2.34. The van der Waals surface area contributed by atoms with E-state index in [-0.39, 0.29) is 64.0 Å². The van der Waals surface area contributed by atoms with E-state index in [1.54, 1.807) is 11.4 Å². The Bertz CT molecular complexity index is 2300. The number of amides is 3. The van der Waals surface area contributed by atoms with Gasteiger partial charge in [-0.05, 0) is 72.1 Å². The highest BCUT2D eigenvalue weighted by Crippen LogP contribution is 2.65. The second-order valence-corrected chi connectivity index (χ2v) is 18.5. The summed E-state index contributed by atoms with van der Waals surface area (Å²) in [7, 11) is 1.88. The molecule has 0 spiro atoms. The van der Waals surface area contributed by atoms with Crippen molar-refractivity contribution in [2.24, 2.45) is 17.3 Å². The summed E-state index contributed by atoms with van der Waals surface area (Å²) in [5.41, 5.74) is 1.36. The number of nitrogens with zero attached hydrogens (tertiary/aromatic N) is 2. The Balaban J connectivity index is 1.23. The van der Waals surface area contributed by atoms with E-state index in [1.807, 2.05) is 51.1 Å². The first-order chi connectivity index (χ1) is 28.9. The third kappa shape index (κ3) is 8.82. The van der Waals surface area contributed by atoms with Gasteiger partial charge in [-0.2, -0.15) is 0 Å². The van der Waals surface area contributed by atoms with Gasteiger partial charge in [-0.1, -0.05) is 71.0 Å². The molecule has 0 radical (unpaired) electrons. The number of carboxylic acid groups (broad SMARTS) is 1. The van der Waals surface area contributed by atoms with Gasteiger partial charge in [-0.3, -0.25) is 14.9 Å². The van der Waals surface area contributed by atoms with Crippen LogP contribution in [0.2, 0.25) is 0 Å². The van der Waals surface area contributed by atoms with Crippen LogP contribution < -0.4 is 25.4 Å². The second-order valence-electron chi connectivity index (χ2n) is 17.6. The standard InChI is InChI=1S/C44H52BN5O10S/c1-42(2,3)29-15-14-27(39(53)54)36(57-8)28(29)21-33(45-59-32-20-26-19-31(43(26,4)5)44(32,6)60-45)48-38(52)35(49-37(51)25-16-17-46-34(18-25)56-7)30-23-61-40(47-30)50-41(55)58-22-24-12-10-9-11-13-24/h9-18,23,26,31-33,35H,19-22H2,1-8H3,(H,48,52)(H,49,51)(H,53,54)(H,47,50,55)/t26-,31+,32?,33+,35?,44+/m1/s1. The predicted octanol–water partition coefficient (Wildman–Crippen LogP) is 6.77. The first-order valence-corrected chi connectivity index (χ1v) is 21.1. The zero-order chi connectivity index (χ0) is 43.9. The van der Waals surface area contributed by atoms with Crippen LogP contribution in [-0.2, 0) is 37.3 Å². The molecule has 15 nitrogen and oxygen atoms in total. The predicted molar refractivity (Wildman–Crippen MR) is 228 cm³/mol. The number of ether oxygens (including phenoxy) is 3. The number of rotatable bonds is 14. The summed E-state index contributed by atoms with van der Waals surface area (Å²) in [6.45, 7) is 12.7. The monoisotopic (exact) mass is 853 g/mol. The van der Waals surface area contributed by atoms with Crippen molar-refractivity contribution in [3.05, 3.63) is 99.7 Å². The third-order valence-corrected chi connectivity index (χ3v) is 13.3. The minimum Gasteiger partial charge on any atom is -0.496 e. The Morgan fingerprint density at radius 3 is 2.44 bits per heavy atom. The normalized spacial score (nSPS) is 22.2. The summed E-state index contributed by atoms with van der Waals surface area (Å²) >= 11 is 1.05. The molecule has 3 aliphatic carbocycles. The fourth-order valence-electron chi connectivity index (χ4n) is 9.18.